The first-order valence-corrected chi connectivity index (χ1v) is 8.92. The van der Waals surface area contributed by atoms with Crippen molar-refractivity contribution >= 4 is 23.8 Å². The van der Waals surface area contributed by atoms with Crippen LogP contribution in [0.4, 0.5) is 0 Å². The van der Waals surface area contributed by atoms with Gasteiger partial charge in [0.05, 0.1) is 18.4 Å². The van der Waals surface area contributed by atoms with Gasteiger partial charge in [0.1, 0.15) is 5.65 Å². The molecule has 0 fully saturated rings. The molecule has 0 amide bonds. The van der Waals surface area contributed by atoms with Gasteiger partial charge < -0.3 is 4.74 Å². The van der Waals surface area contributed by atoms with E-state index in [0.717, 1.165) is 17.5 Å². The van der Waals surface area contributed by atoms with E-state index in [-0.39, 0.29) is 5.56 Å². The first kappa shape index (κ1) is 18.6. The van der Waals surface area contributed by atoms with Crippen molar-refractivity contribution in [1.29, 1.82) is 0 Å². The van der Waals surface area contributed by atoms with E-state index < -0.39 is 5.97 Å². The summed E-state index contributed by atoms with van der Waals surface area (Å²) in [5.74, 6) is -0.482. The van der Waals surface area contributed by atoms with Gasteiger partial charge in [-0.25, -0.2) is 9.78 Å². The molecule has 0 N–H and O–H groups in total. The Kier molecular flexibility index (Phi) is 5.50. The minimum absolute atomic E-state index is 0.156. The van der Waals surface area contributed by atoms with Gasteiger partial charge in [-0.15, -0.1) is 0 Å². The lowest BCUT2D eigenvalue weighted by molar-refractivity contribution is 0.0600. The summed E-state index contributed by atoms with van der Waals surface area (Å²) >= 11 is 0. The summed E-state index contributed by atoms with van der Waals surface area (Å²) in [6, 6.07) is 11.3. The molecule has 0 saturated carbocycles. The van der Waals surface area contributed by atoms with E-state index in [1.807, 2.05) is 50.3 Å². The highest BCUT2D eigenvalue weighted by Crippen LogP contribution is 2.15. The molecule has 0 radical (unpaired) electrons. The van der Waals surface area contributed by atoms with Crippen LogP contribution in [0.2, 0.25) is 0 Å². The Morgan fingerprint density at radius 1 is 1.19 bits per heavy atom. The van der Waals surface area contributed by atoms with Crippen molar-refractivity contribution in [3.63, 3.8) is 0 Å². The maximum absolute atomic E-state index is 13.0. The zero-order valence-corrected chi connectivity index (χ0v) is 15.7. The van der Waals surface area contributed by atoms with E-state index >= 15 is 0 Å². The molecule has 1 aromatic carbocycles. The SMILES string of the molecule is CCCc1c(/C=C/c2ccccc2C)nc2ccc(C(=O)OC)cn2c1=O. The fraction of sp³-hybridized carbons (Fsp3) is 0.227. The van der Waals surface area contributed by atoms with Gasteiger partial charge in [0.2, 0.25) is 0 Å². The Morgan fingerprint density at radius 2 is 1.96 bits per heavy atom. The van der Waals surface area contributed by atoms with Crippen molar-refractivity contribution in [3.05, 3.63) is 80.9 Å². The third kappa shape index (κ3) is 3.82. The number of esters is 1. The number of ether oxygens (including phenoxy) is 1. The highest BCUT2D eigenvalue weighted by molar-refractivity contribution is 5.89. The molecule has 138 valence electrons. The Hall–Kier alpha value is -3.21. The van der Waals surface area contributed by atoms with Gasteiger partial charge in [0.15, 0.2) is 0 Å². The minimum Gasteiger partial charge on any atom is -0.465 e. The second-order valence-corrected chi connectivity index (χ2v) is 6.36. The second kappa shape index (κ2) is 7.99. The highest BCUT2D eigenvalue weighted by Gasteiger charge is 2.13. The van der Waals surface area contributed by atoms with Crippen LogP contribution >= 0.6 is 0 Å². The van der Waals surface area contributed by atoms with Crippen LogP contribution in [0, 0.1) is 6.92 Å². The summed E-state index contributed by atoms with van der Waals surface area (Å²) in [5.41, 5.74) is 4.21. The Balaban J connectivity index is 2.15. The maximum Gasteiger partial charge on any atom is 0.339 e. The molecule has 0 saturated heterocycles. The Bertz CT molecular complexity index is 1080. The number of nitrogens with zero attached hydrogens (tertiary/aromatic N) is 2. The molecule has 0 bridgehead atoms. The van der Waals surface area contributed by atoms with Crippen LogP contribution in [0.5, 0.6) is 0 Å². The van der Waals surface area contributed by atoms with Crippen LogP contribution in [0.1, 0.15) is 46.1 Å². The van der Waals surface area contributed by atoms with Gasteiger partial charge >= 0.3 is 5.97 Å². The van der Waals surface area contributed by atoms with E-state index in [2.05, 4.69) is 4.98 Å². The lowest BCUT2D eigenvalue weighted by atomic mass is 10.1. The molecule has 5 nitrogen and oxygen atoms in total. The zero-order chi connectivity index (χ0) is 19.4. The van der Waals surface area contributed by atoms with Crippen LogP contribution in [0.25, 0.3) is 17.8 Å². The molecule has 0 aliphatic carbocycles. The molecule has 2 heterocycles. The summed E-state index contributed by atoms with van der Waals surface area (Å²) < 4.78 is 6.16. The van der Waals surface area contributed by atoms with Crippen molar-refractivity contribution in [1.82, 2.24) is 9.38 Å². The summed E-state index contributed by atoms with van der Waals surface area (Å²) in [5, 5.41) is 0. The molecule has 0 atom stereocenters. The molecular formula is C22H22N2O3. The van der Waals surface area contributed by atoms with E-state index in [1.54, 1.807) is 12.1 Å². The topological polar surface area (TPSA) is 60.7 Å². The van der Waals surface area contributed by atoms with Gasteiger partial charge in [-0.2, -0.15) is 0 Å². The first-order valence-electron chi connectivity index (χ1n) is 8.92. The normalized spacial score (nSPS) is 11.2. The standard InChI is InChI=1S/C22H22N2O3/c1-4-7-18-19(12-10-16-9-6-5-8-15(16)2)23-20-13-11-17(22(26)27-3)14-24(20)21(18)25/h5-6,8-14H,4,7H2,1-3H3/b12-10+. The largest absolute Gasteiger partial charge is 0.465 e. The summed E-state index contributed by atoms with van der Waals surface area (Å²) in [6.07, 6.45) is 6.80. The highest BCUT2D eigenvalue weighted by atomic mass is 16.5. The van der Waals surface area contributed by atoms with Crippen molar-refractivity contribution < 1.29 is 9.53 Å². The van der Waals surface area contributed by atoms with Crippen LogP contribution in [0.3, 0.4) is 0 Å². The maximum atomic E-state index is 13.0. The van der Waals surface area contributed by atoms with E-state index in [1.165, 1.54) is 17.7 Å². The average molecular weight is 362 g/mol. The lowest BCUT2D eigenvalue weighted by Gasteiger charge is -2.09. The molecule has 0 aliphatic heterocycles. The van der Waals surface area contributed by atoms with Crippen molar-refractivity contribution in [2.45, 2.75) is 26.7 Å². The number of pyridine rings is 1. The van der Waals surface area contributed by atoms with E-state index in [4.69, 9.17) is 4.74 Å². The average Bonchev–Trinajstić information content (AvgIpc) is 2.69. The number of methoxy groups -OCH3 is 1. The van der Waals surface area contributed by atoms with Crippen LogP contribution in [-0.2, 0) is 11.2 Å². The predicted octanol–water partition coefficient (Wildman–Crippen LogP) is 3.91. The van der Waals surface area contributed by atoms with Crippen LogP contribution in [0.15, 0.2) is 47.4 Å². The van der Waals surface area contributed by atoms with Crippen molar-refractivity contribution in [2.24, 2.45) is 0 Å². The summed E-state index contributed by atoms with van der Waals surface area (Å²) in [7, 11) is 1.32. The molecular weight excluding hydrogens is 340 g/mol. The van der Waals surface area contributed by atoms with Crippen LogP contribution in [-0.4, -0.2) is 22.5 Å². The minimum atomic E-state index is -0.482. The number of aromatic nitrogens is 2. The molecule has 0 aliphatic rings. The number of carbonyl (C=O) groups excluding carboxylic acids is 1. The molecule has 3 rings (SSSR count). The van der Waals surface area contributed by atoms with Crippen molar-refractivity contribution in [2.75, 3.05) is 7.11 Å². The third-order valence-corrected chi connectivity index (χ3v) is 4.48. The molecule has 5 heteroatoms. The molecule has 3 aromatic rings. The number of fused-ring (bicyclic) bond motifs is 1. The molecule has 0 spiro atoms. The fourth-order valence-corrected chi connectivity index (χ4v) is 3.00. The van der Waals surface area contributed by atoms with Gasteiger partial charge in [0.25, 0.3) is 5.56 Å². The Morgan fingerprint density at radius 3 is 2.67 bits per heavy atom. The van der Waals surface area contributed by atoms with Crippen molar-refractivity contribution in [3.8, 4) is 0 Å². The second-order valence-electron chi connectivity index (χ2n) is 6.36. The third-order valence-electron chi connectivity index (χ3n) is 4.48. The quantitative estimate of drug-likeness (QED) is 0.646. The summed E-state index contributed by atoms with van der Waals surface area (Å²) in [4.78, 5) is 29.4. The lowest BCUT2D eigenvalue weighted by Crippen LogP contribution is -2.22. The van der Waals surface area contributed by atoms with E-state index in [0.29, 0.717) is 28.9 Å². The Labute approximate surface area is 158 Å². The van der Waals surface area contributed by atoms with Gasteiger partial charge in [-0.1, -0.05) is 43.7 Å². The monoisotopic (exact) mass is 362 g/mol. The van der Waals surface area contributed by atoms with Crippen LogP contribution < -0.4 is 5.56 Å². The number of aryl methyl sites for hydroxylation is 1. The number of hydrogen-bond acceptors (Lipinski definition) is 4. The molecule has 27 heavy (non-hydrogen) atoms. The number of hydrogen-bond donors (Lipinski definition) is 0. The smallest absolute Gasteiger partial charge is 0.339 e. The van der Waals surface area contributed by atoms with E-state index in [9.17, 15) is 9.59 Å². The number of benzene rings is 1. The predicted molar refractivity (Wildman–Crippen MR) is 107 cm³/mol. The first-order chi connectivity index (χ1) is 13.0. The molecule has 0 unspecified atom stereocenters. The summed E-state index contributed by atoms with van der Waals surface area (Å²) in [6.45, 7) is 4.07. The van der Waals surface area contributed by atoms with Gasteiger partial charge in [0, 0.05) is 11.8 Å². The van der Waals surface area contributed by atoms with Gasteiger partial charge in [-0.05, 0) is 42.7 Å². The fourth-order valence-electron chi connectivity index (χ4n) is 3.00. The number of rotatable bonds is 5. The zero-order valence-electron chi connectivity index (χ0n) is 15.7. The van der Waals surface area contributed by atoms with Gasteiger partial charge in [-0.3, -0.25) is 9.20 Å². The molecule has 2 aromatic heterocycles. The number of carbonyl (C=O) groups is 1.